The smallest absolute Gasteiger partial charge is 0.332 e. The number of nitrogen functional groups attached to an aromatic ring is 1. The molecule has 0 aliphatic carbocycles. The summed E-state index contributed by atoms with van der Waals surface area (Å²) in [6.45, 7) is 7.54. The number of fused-ring (bicyclic) bond motifs is 3. The van der Waals surface area contributed by atoms with Gasteiger partial charge in [0, 0.05) is 43.4 Å². The van der Waals surface area contributed by atoms with Gasteiger partial charge in [0.1, 0.15) is 35.5 Å². The molecule has 13 N–H and O–H groups in total. The SMILES string of the molecule is CC(O)C(=O)O.CC(O)C(=O)O.CC(O)C(=O)O.CN1CCN(c2ccc3nc(-c4c(N)c5c(F)cccc5[nH]c4=O)[nH]c3c2)CC1.O.O=c1ccc2ccccc2[nH]1. The number of halogens is 1. The van der Waals surface area contributed by atoms with Gasteiger partial charge in [-0.15, -0.1) is 0 Å². The lowest BCUT2D eigenvalue weighted by atomic mass is 10.1. The quantitative estimate of drug-likeness (QED) is 0.118. The van der Waals surface area contributed by atoms with Crippen molar-refractivity contribution in [1.29, 1.82) is 0 Å². The highest BCUT2D eigenvalue weighted by Gasteiger charge is 2.19. The minimum Gasteiger partial charge on any atom is -0.479 e. The Morgan fingerprint density at radius 1 is 0.729 bits per heavy atom. The number of benzene rings is 3. The standard InChI is InChI=1S/C21H21FN6O.C9H7NO.3C3H6O3.H2O/c1-27-7-9-28(10-8-27)12-5-6-14-16(11-12)25-20(24-14)18-19(23)17-13(22)3-2-4-15(17)26-21(18)29;11-9-6-5-7-3-1-2-4-8(7)10-9;3*1-2(4)3(5)6;/h2-6,11H,7-10H2,1H3,(H,24,25)(H3,23,26,29);1-6H,(H,10,11);3*2,4H,1H3,(H,5,6);1H2. The number of carbonyl (C=O) groups is 3. The topological polar surface area (TPSA) is 331 Å². The molecule has 7 rings (SSSR count). The molecule has 1 aliphatic heterocycles. The number of aromatic nitrogens is 4. The van der Waals surface area contributed by atoms with Crippen LogP contribution < -0.4 is 21.8 Å². The van der Waals surface area contributed by atoms with Crippen LogP contribution in [-0.4, -0.2) is 130 Å². The lowest BCUT2D eigenvalue weighted by molar-refractivity contribution is -0.146. The molecular formula is C39H48FN7O12. The largest absolute Gasteiger partial charge is 0.479 e. The molecule has 1 saturated heterocycles. The molecule has 6 aromatic rings. The molecular weight excluding hydrogens is 777 g/mol. The molecule has 0 radical (unpaired) electrons. The predicted molar refractivity (Wildman–Crippen MR) is 220 cm³/mol. The van der Waals surface area contributed by atoms with Crippen molar-refractivity contribution in [1.82, 2.24) is 24.8 Å². The van der Waals surface area contributed by atoms with E-state index in [0.29, 0.717) is 11.3 Å². The first-order chi connectivity index (χ1) is 27.3. The van der Waals surface area contributed by atoms with Crippen molar-refractivity contribution < 1.29 is 54.9 Å². The number of pyridine rings is 2. The summed E-state index contributed by atoms with van der Waals surface area (Å²) in [6, 6.07) is 21.5. The van der Waals surface area contributed by atoms with E-state index in [2.05, 4.69) is 36.8 Å². The number of para-hydroxylation sites is 1. The molecule has 1 fully saturated rings. The van der Waals surface area contributed by atoms with Crippen molar-refractivity contribution in [3.63, 3.8) is 0 Å². The highest BCUT2D eigenvalue weighted by molar-refractivity contribution is 5.98. The van der Waals surface area contributed by atoms with Crippen molar-refractivity contribution in [3.8, 4) is 11.4 Å². The number of anilines is 2. The Hall–Kier alpha value is -6.71. The Morgan fingerprint density at radius 2 is 1.27 bits per heavy atom. The van der Waals surface area contributed by atoms with E-state index >= 15 is 0 Å². The van der Waals surface area contributed by atoms with Crippen molar-refractivity contribution >= 4 is 62.1 Å². The van der Waals surface area contributed by atoms with Gasteiger partial charge in [-0.2, -0.15) is 0 Å². The molecule has 0 saturated carbocycles. The van der Waals surface area contributed by atoms with Gasteiger partial charge in [0.15, 0.2) is 0 Å². The van der Waals surface area contributed by atoms with Crippen LogP contribution in [0.4, 0.5) is 15.8 Å². The maximum Gasteiger partial charge on any atom is 0.332 e. The summed E-state index contributed by atoms with van der Waals surface area (Å²) in [6.07, 6.45) is -3.69. The fourth-order valence-corrected chi connectivity index (χ4v) is 5.04. The van der Waals surface area contributed by atoms with Gasteiger partial charge < -0.3 is 66.6 Å². The van der Waals surface area contributed by atoms with E-state index in [-0.39, 0.29) is 27.7 Å². The first kappa shape index (κ1) is 48.4. The van der Waals surface area contributed by atoms with Crippen molar-refractivity contribution in [2.45, 2.75) is 39.1 Å². The van der Waals surface area contributed by atoms with Crippen LogP contribution in [0.2, 0.25) is 0 Å². The van der Waals surface area contributed by atoms with E-state index < -0.39 is 47.6 Å². The number of aliphatic hydroxyl groups excluding tert-OH is 3. The van der Waals surface area contributed by atoms with E-state index in [1.165, 1.54) is 39.0 Å². The molecule has 20 heteroatoms. The Balaban J connectivity index is 0.000000327. The number of rotatable bonds is 5. The number of hydrogen-bond donors (Lipinski definition) is 10. The minimum absolute atomic E-state index is 0. The van der Waals surface area contributed by atoms with Crippen LogP contribution in [0.5, 0.6) is 0 Å². The van der Waals surface area contributed by atoms with Gasteiger partial charge in [0.05, 0.1) is 27.6 Å². The number of piperazine rings is 1. The van der Waals surface area contributed by atoms with Crippen LogP contribution in [0.3, 0.4) is 0 Å². The molecule has 3 unspecified atom stereocenters. The van der Waals surface area contributed by atoms with Crippen LogP contribution in [0.15, 0.2) is 82.4 Å². The summed E-state index contributed by atoms with van der Waals surface area (Å²) in [7, 11) is 2.12. The molecule has 1 aliphatic rings. The third-order valence-corrected chi connectivity index (χ3v) is 8.30. The van der Waals surface area contributed by atoms with Gasteiger partial charge in [-0.3, -0.25) is 9.59 Å². The van der Waals surface area contributed by atoms with Crippen molar-refractivity contribution in [2.75, 3.05) is 43.9 Å². The second-order valence-electron chi connectivity index (χ2n) is 12.9. The summed E-state index contributed by atoms with van der Waals surface area (Å²) in [5.74, 6) is -3.70. The van der Waals surface area contributed by atoms with Gasteiger partial charge >= 0.3 is 17.9 Å². The first-order valence-electron chi connectivity index (χ1n) is 17.6. The van der Waals surface area contributed by atoms with Crippen molar-refractivity contribution in [2.24, 2.45) is 0 Å². The Morgan fingerprint density at radius 3 is 1.83 bits per heavy atom. The monoisotopic (exact) mass is 825 g/mol. The number of aliphatic carboxylic acids is 3. The zero-order chi connectivity index (χ0) is 43.3. The maximum absolute atomic E-state index is 14.3. The number of imidazole rings is 1. The number of aromatic amines is 3. The second kappa shape index (κ2) is 22.3. The zero-order valence-electron chi connectivity index (χ0n) is 32.5. The zero-order valence-corrected chi connectivity index (χ0v) is 32.5. The number of nitrogens with one attached hydrogen (secondary N) is 3. The van der Waals surface area contributed by atoms with Gasteiger partial charge in [-0.1, -0.05) is 24.3 Å². The Labute approximate surface area is 335 Å². The summed E-state index contributed by atoms with van der Waals surface area (Å²) in [4.78, 5) is 69.6. The first-order valence-corrected chi connectivity index (χ1v) is 17.6. The van der Waals surface area contributed by atoms with E-state index in [4.69, 9.17) is 36.4 Å². The number of hydrogen-bond acceptors (Lipinski definition) is 12. The summed E-state index contributed by atoms with van der Waals surface area (Å²) >= 11 is 0. The molecule has 19 nitrogen and oxygen atoms in total. The van der Waals surface area contributed by atoms with Crippen LogP contribution in [-0.2, 0) is 14.4 Å². The molecule has 4 heterocycles. The highest BCUT2D eigenvalue weighted by atomic mass is 19.1. The number of carboxylic acids is 3. The van der Waals surface area contributed by atoms with Gasteiger partial charge in [-0.25, -0.2) is 23.8 Å². The van der Waals surface area contributed by atoms with E-state index in [1.54, 1.807) is 6.07 Å². The highest BCUT2D eigenvalue weighted by Crippen LogP contribution is 2.31. The normalized spacial score (nSPS) is 13.7. The lowest BCUT2D eigenvalue weighted by Gasteiger charge is -2.34. The summed E-state index contributed by atoms with van der Waals surface area (Å²) < 4.78 is 14.3. The third kappa shape index (κ3) is 14.0. The summed E-state index contributed by atoms with van der Waals surface area (Å²) in [5.41, 5.74) is 9.88. The van der Waals surface area contributed by atoms with E-state index in [1.807, 2.05) is 48.5 Å². The average molecular weight is 826 g/mol. The molecule has 59 heavy (non-hydrogen) atoms. The second-order valence-corrected chi connectivity index (χ2v) is 12.9. The number of aliphatic hydroxyl groups is 3. The Bertz CT molecular complexity index is 2410. The van der Waals surface area contributed by atoms with Crippen molar-refractivity contribution in [3.05, 3.63) is 99.3 Å². The van der Waals surface area contributed by atoms with Crippen LogP contribution in [0.25, 0.3) is 44.2 Å². The Kier molecular flexibility index (Phi) is 18.3. The molecule has 0 amide bonds. The van der Waals surface area contributed by atoms with Crippen LogP contribution in [0.1, 0.15) is 20.8 Å². The van der Waals surface area contributed by atoms with Crippen LogP contribution in [0, 0.1) is 5.82 Å². The molecule has 318 valence electrons. The molecule has 3 atom stereocenters. The number of likely N-dealkylation sites (N-methyl/N-ethyl adjacent to an activating group) is 1. The predicted octanol–water partition coefficient (Wildman–Crippen LogP) is 1.60. The van der Waals surface area contributed by atoms with Gasteiger partial charge in [0.2, 0.25) is 5.56 Å². The number of carboxylic acid groups (broad SMARTS) is 3. The van der Waals surface area contributed by atoms with E-state index in [0.717, 1.165) is 53.8 Å². The fraction of sp³-hybridized carbons (Fsp3) is 0.282. The molecule has 3 aromatic heterocycles. The van der Waals surface area contributed by atoms with Gasteiger partial charge in [0.25, 0.3) is 5.56 Å². The minimum atomic E-state index is -1.23. The third-order valence-electron chi connectivity index (χ3n) is 8.30. The average Bonchev–Trinajstić information content (AvgIpc) is 3.58. The van der Waals surface area contributed by atoms with Crippen LogP contribution >= 0.6 is 0 Å². The van der Waals surface area contributed by atoms with E-state index in [9.17, 15) is 28.4 Å². The summed E-state index contributed by atoms with van der Waals surface area (Å²) in [5, 5.41) is 48.6. The fourth-order valence-electron chi connectivity index (χ4n) is 5.04. The lowest BCUT2D eigenvalue weighted by Crippen LogP contribution is -2.44. The molecule has 0 bridgehead atoms. The van der Waals surface area contributed by atoms with Gasteiger partial charge in [-0.05, 0) is 75.7 Å². The number of nitrogens with zero attached hydrogens (tertiary/aromatic N) is 3. The number of nitrogens with two attached hydrogens (primary N) is 1. The molecule has 0 spiro atoms. The maximum atomic E-state index is 14.3. The molecule has 3 aromatic carbocycles. The number of H-pyrrole nitrogens is 3.